The predicted molar refractivity (Wildman–Crippen MR) is 67.4 cm³/mol. The van der Waals surface area contributed by atoms with Crippen LogP contribution in [-0.4, -0.2) is 14.9 Å². The zero-order chi connectivity index (χ0) is 11.8. The van der Waals surface area contributed by atoms with Crippen LogP contribution in [0.15, 0.2) is 29.8 Å². The summed E-state index contributed by atoms with van der Waals surface area (Å²) in [6.07, 6.45) is 1.26. The van der Waals surface area contributed by atoms with E-state index in [1.54, 1.807) is 11.3 Å². The number of nitro groups is 1. The highest BCUT2D eigenvalue weighted by atomic mass is 32.1. The lowest BCUT2D eigenvalue weighted by molar-refractivity contribution is -0.385. The highest BCUT2D eigenvalue weighted by Crippen LogP contribution is 2.32. The van der Waals surface area contributed by atoms with E-state index in [9.17, 15) is 10.1 Å². The van der Waals surface area contributed by atoms with Crippen LogP contribution in [0, 0.1) is 10.1 Å². The summed E-state index contributed by atoms with van der Waals surface area (Å²) in [6, 6.07) is 5.37. The van der Waals surface area contributed by atoms with Gasteiger partial charge < -0.3 is 0 Å². The van der Waals surface area contributed by atoms with E-state index >= 15 is 0 Å². The minimum Gasteiger partial charge on any atom is -0.258 e. The summed E-state index contributed by atoms with van der Waals surface area (Å²) in [5.41, 5.74) is 0.549. The summed E-state index contributed by atoms with van der Waals surface area (Å²) in [5.74, 6) is 0. The van der Waals surface area contributed by atoms with Crippen LogP contribution in [0.5, 0.6) is 0 Å². The van der Waals surface area contributed by atoms with Gasteiger partial charge >= 0.3 is 0 Å². The third kappa shape index (κ3) is 1.79. The Morgan fingerprint density at radius 1 is 1.41 bits per heavy atom. The van der Waals surface area contributed by atoms with E-state index in [2.05, 4.69) is 9.97 Å². The zero-order valence-corrected chi connectivity index (χ0v) is 9.99. The van der Waals surface area contributed by atoms with Gasteiger partial charge in [0.2, 0.25) is 0 Å². The second kappa shape index (κ2) is 3.86. The van der Waals surface area contributed by atoms with Crippen molar-refractivity contribution < 1.29 is 4.92 Å². The highest BCUT2D eigenvalue weighted by Gasteiger charge is 2.12. The second-order valence-corrected chi connectivity index (χ2v) is 5.20. The molecule has 0 unspecified atom stereocenters. The lowest BCUT2D eigenvalue weighted by atomic mass is 10.4. The molecular formula is C10H5N3O2S2. The third-order valence-corrected chi connectivity index (χ3v) is 4.19. The van der Waals surface area contributed by atoms with Crippen LogP contribution in [0.4, 0.5) is 5.69 Å². The minimum absolute atomic E-state index is 0.0273. The SMILES string of the molecule is O=[N+]([O-])c1cnc2sc(-c3cccs3)nc2c1. The topological polar surface area (TPSA) is 68.9 Å². The smallest absolute Gasteiger partial charge is 0.258 e. The molecule has 0 radical (unpaired) electrons. The molecule has 3 aromatic rings. The zero-order valence-electron chi connectivity index (χ0n) is 8.36. The Morgan fingerprint density at radius 2 is 2.29 bits per heavy atom. The van der Waals surface area contributed by atoms with Gasteiger partial charge in [-0.3, -0.25) is 10.1 Å². The van der Waals surface area contributed by atoms with E-state index in [4.69, 9.17) is 0 Å². The molecule has 0 saturated carbocycles. The van der Waals surface area contributed by atoms with Crippen molar-refractivity contribution in [1.29, 1.82) is 0 Å². The van der Waals surface area contributed by atoms with E-state index in [0.29, 0.717) is 5.52 Å². The van der Waals surface area contributed by atoms with Crippen molar-refractivity contribution in [1.82, 2.24) is 9.97 Å². The van der Waals surface area contributed by atoms with Gasteiger partial charge in [0.25, 0.3) is 5.69 Å². The standard InChI is InChI=1S/C10H5N3O2S2/c14-13(15)6-4-7-9(11-5-6)17-10(12-7)8-2-1-3-16-8/h1-5H. The number of thiophene rings is 1. The van der Waals surface area contributed by atoms with Crippen molar-refractivity contribution in [3.63, 3.8) is 0 Å². The quantitative estimate of drug-likeness (QED) is 0.525. The minimum atomic E-state index is -0.462. The molecule has 3 heterocycles. The van der Waals surface area contributed by atoms with Crippen LogP contribution in [0.3, 0.4) is 0 Å². The number of fused-ring (bicyclic) bond motifs is 1. The molecule has 0 spiro atoms. The Morgan fingerprint density at radius 3 is 3.00 bits per heavy atom. The molecular weight excluding hydrogens is 258 g/mol. The maximum absolute atomic E-state index is 10.6. The van der Waals surface area contributed by atoms with Crippen LogP contribution in [-0.2, 0) is 0 Å². The number of aromatic nitrogens is 2. The molecule has 0 aliphatic rings. The summed E-state index contributed by atoms with van der Waals surface area (Å²) in [7, 11) is 0. The predicted octanol–water partition coefficient (Wildman–Crippen LogP) is 3.33. The molecule has 7 heteroatoms. The van der Waals surface area contributed by atoms with Gasteiger partial charge in [0, 0.05) is 6.07 Å². The van der Waals surface area contributed by atoms with Crippen molar-refractivity contribution in [3.8, 4) is 9.88 Å². The fourth-order valence-corrected chi connectivity index (χ4v) is 3.10. The number of rotatable bonds is 2. The number of hydrogen-bond donors (Lipinski definition) is 0. The van der Waals surface area contributed by atoms with Crippen molar-refractivity contribution in [3.05, 3.63) is 39.9 Å². The summed E-state index contributed by atoms with van der Waals surface area (Å²) in [5, 5.41) is 13.4. The molecule has 0 aliphatic heterocycles. The van der Waals surface area contributed by atoms with E-state index in [1.165, 1.54) is 23.6 Å². The Labute approximate surface area is 104 Å². The van der Waals surface area contributed by atoms with Crippen LogP contribution in [0.1, 0.15) is 0 Å². The van der Waals surface area contributed by atoms with E-state index in [0.717, 1.165) is 14.7 Å². The first-order valence-corrected chi connectivity index (χ1v) is 6.38. The average molecular weight is 263 g/mol. The molecule has 3 aromatic heterocycles. The molecule has 0 amide bonds. The first-order valence-electron chi connectivity index (χ1n) is 4.69. The first kappa shape index (κ1) is 10.3. The van der Waals surface area contributed by atoms with Crippen molar-refractivity contribution >= 4 is 38.7 Å². The fourth-order valence-electron chi connectivity index (χ4n) is 1.42. The summed E-state index contributed by atoms with van der Waals surface area (Å²) < 4.78 is 0. The molecule has 0 saturated heterocycles. The van der Waals surface area contributed by atoms with E-state index in [1.807, 2.05) is 17.5 Å². The first-order chi connectivity index (χ1) is 8.24. The van der Waals surface area contributed by atoms with Crippen LogP contribution >= 0.6 is 22.7 Å². The van der Waals surface area contributed by atoms with Gasteiger partial charge in [0.05, 0.1) is 9.80 Å². The van der Waals surface area contributed by atoms with Crippen LogP contribution in [0.25, 0.3) is 20.2 Å². The molecule has 84 valence electrons. The maximum atomic E-state index is 10.6. The van der Waals surface area contributed by atoms with Gasteiger partial charge in [-0.2, -0.15) is 0 Å². The largest absolute Gasteiger partial charge is 0.289 e. The van der Waals surface area contributed by atoms with Gasteiger partial charge in [-0.15, -0.1) is 11.3 Å². The van der Waals surface area contributed by atoms with Crippen molar-refractivity contribution in [2.75, 3.05) is 0 Å². The van der Waals surface area contributed by atoms with Gasteiger partial charge in [0.15, 0.2) is 0 Å². The monoisotopic (exact) mass is 263 g/mol. The molecule has 0 bridgehead atoms. The molecule has 3 rings (SSSR count). The molecule has 0 fully saturated rings. The molecule has 0 aliphatic carbocycles. The average Bonchev–Trinajstić information content (AvgIpc) is 2.96. The maximum Gasteiger partial charge on any atom is 0.289 e. The molecule has 5 nitrogen and oxygen atoms in total. The van der Waals surface area contributed by atoms with Gasteiger partial charge in [-0.05, 0) is 11.4 Å². The van der Waals surface area contributed by atoms with Crippen LogP contribution < -0.4 is 0 Å². The lowest BCUT2D eigenvalue weighted by Gasteiger charge is -1.88. The second-order valence-electron chi connectivity index (χ2n) is 3.27. The third-order valence-electron chi connectivity index (χ3n) is 2.18. The lowest BCUT2D eigenvalue weighted by Crippen LogP contribution is -1.88. The normalized spacial score (nSPS) is 10.8. The molecule has 0 N–H and O–H groups in total. The van der Waals surface area contributed by atoms with Gasteiger partial charge in [0.1, 0.15) is 21.6 Å². The Bertz CT molecular complexity index is 691. The van der Waals surface area contributed by atoms with E-state index in [-0.39, 0.29) is 5.69 Å². The van der Waals surface area contributed by atoms with E-state index < -0.39 is 4.92 Å². The number of hydrogen-bond acceptors (Lipinski definition) is 6. The summed E-state index contributed by atoms with van der Waals surface area (Å²) in [6.45, 7) is 0. The molecule has 0 atom stereocenters. The van der Waals surface area contributed by atoms with Crippen molar-refractivity contribution in [2.45, 2.75) is 0 Å². The fraction of sp³-hybridized carbons (Fsp3) is 0. The Kier molecular flexibility index (Phi) is 2.34. The van der Waals surface area contributed by atoms with Gasteiger partial charge in [-0.1, -0.05) is 17.4 Å². The Balaban J connectivity index is 2.16. The molecule has 0 aromatic carbocycles. The highest BCUT2D eigenvalue weighted by molar-refractivity contribution is 7.24. The summed E-state index contributed by atoms with van der Waals surface area (Å²) in [4.78, 5) is 20.3. The number of thiazole rings is 1. The summed E-state index contributed by atoms with van der Waals surface area (Å²) >= 11 is 3.03. The Hall–Kier alpha value is -1.86. The van der Waals surface area contributed by atoms with Gasteiger partial charge in [-0.25, -0.2) is 9.97 Å². The number of pyridine rings is 1. The van der Waals surface area contributed by atoms with Crippen LogP contribution in [0.2, 0.25) is 0 Å². The molecule has 17 heavy (non-hydrogen) atoms. The number of nitrogens with zero attached hydrogens (tertiary/aromatic N) is 3. The van der Waals surface area contributed by atoms with Crippen molar-refractivity contribution in [2.24, 2.45) is 0 Å².